The standard InChI is InChI=1S/C22H19ClN4O3S2/c1-14-4-2-3-5-18(14)25-19(28)10-21-24-16(12-31-21)13-32-22-27-26-20(30-22)11-29-17-8-6-15(23)7-9-17/h2-9,12H,10-11,13H2,1H3,(H,25,28). The molecule has 0 fully saturated rings. The van der Waals surface area contributed by atoms with E-state index in [0.717, 1.165) is 22.0 Å². The van der Waals surface area contributed by atoms with E-state index in [1.807, 2.05) is 36.6 Å². The van der Waals surface area contributed by atoms with Crippen molar-refractivity contribution in [3.05, 3.63) is 81.1 Å². The second kappa shape index (κ2) is 10.6. The summed E-state index contributed by atoms with van der Waals surface area (Å²) in [6.07, 6.45) is 0.233. The van der Waals surface area contributed by atoms with Crippen LogP contribution in [0.4, 0.5) is 5.69 Å². The van der Waals surface area contributed by atoms with Crippen molar-refractivity contribution in [2.24, 2.45) is 0 Å². The molecule has 10 heteroatoms. The van der Waals surface area contributed by atoms with Crippen LogP contribution in [-0.4, -0.2) is 21.1 Å². The molecule has 0 aliphatic carbocycles. The number of nitrogens with one attached hydrogen (secondary N) is 1. The fraction of sp³-hybridized carbons (Fsp3) is 0.182. The lowest BCUT2D eigenvalue weighted by Crippen LogP contribution is -2.15. The van der Waals surface area contributed by atoms with Crippen LogP contribution < -0.4 is 10.1 Å². The summed E-state index contributed by atoms with van der Waals surface area (Å²) >= 11 is 8.70. The summed E-state index contributed by atoms with van der Waals surface area (Å²) in [4.78, 5) is 16.8. The summed E-state index contributed by atoms with van der Waals surface area (Å²) in [5.41, 5.74) is 2.70. The number of thiazole rings is 1. The quantitative estimate of drug-likeness (QED) is 0.310. The fourth-order valence-corrected chi connectivity index (χ4v) is 4.40. The van der Waals surface area contributed by atoms with Gasteiger partial charge < -0.3 is 14.5 Å². The number of benzene rings is 2. The summed E-state index contributed by atoms with van der Waals surface area (Å²) < 4.78 is 11.2. The fourth-order valence-electron chi connectivity index (χ4n) is 2.71. The predicted octanol–water partition coefficient (Wildman–Crippen LogP) is 5.54. The molecule has 4 rings (SSSR count). The molecular weight excluding hydrogens is 468 g/mol. The van der Waals surface area contributed by atoms with Crippen LogP contribution >= 0.6 is 34.7 Å². The summed E-state index contributed by atoms with van der Waals surface area (Å²) in [6.45, 7) is 2.13. The van der Waals surface area contributed by atoms with Crippen LogP contribution in [0.25, 0.3) is 0 Å². The second-order valence-corrected chi connectivity index (χ2v) is 9.07. The van der Waals surface area contributed by atoms with Crippen LogP contribution in [0.2, 0.25) is 5.02 Å². The third kappa shape index (κ3) is 6.32. The van der Waals surface area contributed by atoms with E-state index in [0.29, 0.717) is 27.6 Å². The Kier molecular flexibility index (Phi) is 7.41. The van der Waals surface area contributed by atoms with E-state index < -0.39 is 0 Å². The smallest absolute Gasteiger partial charge is 0.277 e. The molecule has 4 aromatic rings. The maximum Gasteiger partial charge on any atom is 0.277 e. The van der Waals surface area contributed by atoms with E-state index in [4.69, 9.17) is 20.8 Å². The van der Waals surface area contributed by atoms with Gasteiger partial charge in [-0.05, 0) is 42.8 Å². The number of aromatic nitrogens is 3. The van der Waals surface area contributed by atoms with E-state index in [1.54, 1.807) is 24.3 Å². The highest BCUT2D eigenvalue weighted by atomic mass is 35.5. The predicted molar refractivity (Wildman–Crippen MR) is 125 cm³/mol. The molecule has 0 aliphatic rings. The number of carbonyl (C=O) groups is 1. The molecule has 0 spiro atoms. The average molecular weight is 487 g/mol. The molecule has 0 saturated heterocycles. The summed E-state index contributed by atoms with van der Waals surface area (Å²) in [5.74, 6) is 1.53. The van der Waals surface area contributed by atoms with Crippen molar-refractivity contribution in [3.8, 4) is 5.75 Å². The first-order valence-corrected chi connectivity index (χ1v) is 11.9. The van der Waals surface area contributed by atoms with Gasteiger partial charge >= 0.3 is 0 Å². The normalized spacial score (nSPS) is 10.8. The molecule has 1 N–H and O–H groups in total. The number of hydrogen-bond acceptors (Lipinski definition) is 8. The summed E-state index contributed by atoms with van der Waals surface area (Å²) in [5, 5.41) is 14.7. The van der Waals surface area contributed by atoms with E-state index in [1.165, 1.54) is 23.1 Å². The van der Waals surface area contributed by atoms with E-state index in [2.05, 4.69) is 20.5 Å². The number of anilines is 1. The molecule has 2 heterocycles. The lowest BCUT2D eigenvalue weighted by atomic mass is 10.2. The number of rotatable bonds is 9. The first-order chi connectivity index (χ1) is 15.5. The third-order valence-corrected chi connectivity index (χ3v) is 6.30. The van der Waals surface area contributed by atoms with Gasteiger partial charge in [0.05, 0.1) is 12.1 Å². The van der Waals surface area contributed by atoms with Gasteiger partial charge in [-0.1, -0.05) is 41.6 Å². The van der Waals surface area contributed by atoms with Crippen LogP contribution in [0, 0.1) is 6.92 Å². The van der Waals surface area contributed by atoms with Crippen molar-refractivity contribution in [1.82, 2.24) is 15.2 Å². The molecule has 2 aromatic heterocycles. The van der Waals surface area contributed by atoms with Crippen molar-refractivity contribution >= 4 is 46.3 Å². The third-order valence-electron chi connectivity index (χ3n) is 4.30. The number of amides is 1. The Balaban J connectivity index is 1.24. The Hall–Kier alpha value is -2.88. The van der Waals surface area contributed by atoms with Gasteiger partial charge in [0.15, 0.2) is 6.61 Å². The summed E-state index contributed by atoms with van der Waals surface area (Å²) in [7, 11) is 0. The largest absolute Gasteiger partial charge is 0.484 e. The Bertz CT molecular complexity index is 1190. The van der Waals surface area contributed by atoms with Gasteiger partial charge in [0.25, 0.3) is 11.1 Å². The zero-order valence-corrected chi connectivity index (χ0v) is 19.5. The molecule has 32 heavy (non-hydrogen) atoms. The number of hydrogen-bond donors (Lipinski definition) is 1. The molecule has 0 aliphatic heterocycles. The first-order valence-electron chi connectivity index (χ1n) is 9.67. The number of ether oxygens (including phenoxy) is 1. The monoisotopic (exact) mass is 486 g/mol. The molecular formula is C22H19ClN4O3S2. The number of thioether (sulfide) groups is 1. The zero-order valence-electron chi connectivity index (χ0n) is 17.1. The highest BCUT2D eigenvalue weighted by Gasteiger charge is 2.12. The Morgan fingerprint density at radius 3 is 2.81 bits per heavy atom. The molecule has 0 unspecified atom stereocenters. The van der Waals surface area contributed by atoms with Gasteiger partial charge in [0, 0.05) is 21.8 Å². The van der Waals surface area contributed by atoms with Crippen LogP contribution in [0.1, 0.15) is 22.2 Å². The minimum atomic E-state index is -0.0879. The molecule has 164 valence electrons. The van der Waals surface area contributed by atoms with Crippen molar-refractivity contribution in [1.29, 1.82) is 0 Å². The number of aryl methyl sites for hydroxylation is 1. The van der Waals surface area contributed by atoms with Crippen LogP contribution in [0.15, 0.2) is 63.6 Å². The molecule has 2 aromatic carbocycles. The molecule has 0 radical (unpaired) electrons. The second-order valence-electron chi connectivity index (χ2n) is 6.77. The molecule has 1 amide bonds. The van der Waals surface area contributed by atoms with Crippen molar-refractivity contribution in [2.45, 2.75) is 30.9 Å². The van der Waals surface area contributed by atoms with Gasteiger partial charge in [0.2, 0.25) is 5.91 Å². The Labute approximate surface area is 198 Å². The number of para-hydroxylation sites is 1. The van der Waals surface area contributed by atoms with Gasteiger partial charge in [0.1, 0.15) is 10.8 Å². The number of halogens is 1. The first kappa shape index (κ1) is 22.3. The van der Waals surface area contributed by atoms with Gasteiger partial charge in [-0.25, -0.2) is 4.98 Å². The number of carbonyl (C=O) groups excluding carboxylic acids is 1. The van der Waals surface area contributed by atoms with E-state index in [-0.39, 0.29) is 18.9 Å². The number of nitrogens with zero attached hydrogens (tertiary/aromatic N) is 3. The highest BCUT2D eigenvalue weighted by Crippen LogP contribution is 2.24. The van der Waals surface area contributed by atoms with Crippen LogP contribution in [0.3, 0.4) is 0 Å². The van der Waals surface area contributed by atoms with Gasteiger partial charge in [-0.3, -0.25) is 4.79 Å². The molecule has 0 bridgehead atoms. The van der Waals surface area contributed by atoms with E-state index in [9.17, 15) is 4.79 Å². The van der Waals surface area contributed by atoms with Crippen molar-refractivity contribution in [3.63, 3.8) is 0 Å². The maximum absolute atomic E-state index is 12.3. The molecule has 0 saturated carbocycles. The SMILES string of the molecule is Cc1ccccc1NC(=O)Cc1nc(CSc2nnc(COc3ccc(Cl)cc3)o2)cs1. The van der Waals surface area contributed by atoms with Crippen molar-refractivity contribution in [2.75, 3.05) is 5.32 Å². The average Bonchev–Trinajstić information content (AvgIpc) is 3.43. The molecule has 7 nitrogen and oxygen atoms in total. The lowest BCUT2D eigenvalue weighted by Gasteiger charge is -2.06. The maximum atomic E-state index is 12.3. The summed E-state index contributed by atoms with van der Waals surface area (Å²) in [6, 6.07) is 14.7. The van der Waals surface area contributed by atoms with Crippen molar-refractivity contribution < 1.29 is 13.9 Å². The van der Waals surface area contributed by atoms with Crippen LogP contribution in [0.5, 0.6) is 5.75 Å². The lowest BCUT2D eigenvalue weighted by molar-refractivity contribution is -0.115. The highest BCUT2D eigenvalue weighted by molar-refractivity contribution is 7.98. The molecule has 0 atom stereocenters. The van der Waals surface area contributed by atoms with Gasteiger partial charge in [-0.15, -0.1) is 21.5 Å². The minimum absolute atomic E-state index is 0.0879. The topological polar surface area (TPSA) is 90.1 Å². The minimum Gasteiger partial charge on any atom is -0.484 e. The zero-order chi connectivity index (χ0) is 22.3. The Morgan fingerprint density at radius 1 is 1.19 bits per heavy atom. The van der Waals surface area contributed by atoms with Crippen LogP contribution in [-0.2, 0) is 23.6 Å². The van der Waals surface area contributed by atoms with Gasteiger partial charge in [-0.2, -0.15) is 0 Å². The van der Waals surface area contributed by atoms with E-state index >= 15 is 0 Å². The Morgan fingerprint density at radius 2 is 2.00 bits per heavy atom.